The van der Waals surface area contributed by atoms with Gasteiger partial charge in [-0.3, -0.25) is 24.5 Å². The van der Waals surface area contributed by atoms with Crippen LogP contribution in [0.3, 0.4) is 0 Å². The number of nitrogens with one attached hydrogen (secondary N) is 1. The molecule has 0 aliphatic carbocycles. The second-order valence-electron chi connectivity index (χ2n) is 4.94. The van der Waals surface area contributed by atoms with E-state index in [-0.39, 0.29) is 11.4 Å². The van der Waals surface area contributed by atoms with E-state index in [1.807, 2.05) is 0 Å². The van der Waals surface area contributed by atoms with Crippen molar-refractivity contribution in [3.8, 4) is 0 Å². The lowest BCUT2D eigenvalue weighted by atomic mass is 10.1. The molecule has 2 rings (SSSR count). The highest BCUT2D eigenvalue weighted by Crippen LogP contribution is 2.27. The summed E-state index contributed by atoms with van der Waals surface area (Å²) in [4.78, 5) is 45.7. The molecule has 116 valence electrons. The Morgan fingerprint density at radius 3 is 2.32 bits per heavy atom. The first-order valence-electron chi connectivity index (χ1n) is 6.21. The number of hydrogen-bond acceptors (Lipinski definition) is 7. The third-order valence-corrected chi connectivity index (χ3v) is 2.78. The van der Waals surface area contributed by atoms with Crippen molar-refractivity contribution >= 4 is 29.2 Å². The molecule has 1 heterocycles. The van der Waals surface area contributed by atoms with Crippen molar-refractivity contribution in [2.75, 3.05) is 5.32 Å². The van der Waals surface area contributed by atoms with Crippen molar-refractivity contribution in [1.82, 2.24) is 0 Å². The van der Waals surface area contributed by atoms with Gasteiger partial charge in [-0.05, 0) is 6.07 Å². The number of anilines is 1. The molecule has 1 aromatic carbocycles. The number of para-hydroxylation sites is 2. The average molecular weight is 308 g/mol. The van der Waals surface area contributed by atoms with Gasteiger partial charge in [-0.25, -0.2) is 0 Å². The Balaban J connectivity index is 2.22. The number of carbonyl (C=O) groups is 3. The van der Waals surface area contributed by atoms with Gasteiger partial charge in [0.05, 0.1) is 4.92 Å². The highest BCUT2D eigenvalue weighted by atomic mass is 16.7. The number of nitro benzene ring substituents is 1. The highest BCUT2D eigenvalue weighted by molar-refractivity contribution is 6.19. The van der Waals surface area contributed by atoms with Crippen LogP contribution in [0.4, 0.5) is 11.4 Å². The first-order valence-corrected chi connectivity index (χ1v) is 6.21. The van der Waals surface area contributed by atoms with Gasteiger partial charge in [0.15, 0.2) is 0 Å². The van der Waals surface area contributed by atoms with Gasteiger partial charge in [0.1, 0.15) is 5.69 Å². The number of hydrogen-bond donors (Lipinski definition) is 1. The molecule has 1 aliphatic rings. The van der Waals surface area contributed by atoms with Crippen LogP contribution >= 0.6 is 0 Å². The summed E-state index contributed by atoms with van der Waals surface area (Å²) >= 11 is 0. The number of esters is 2. The molecule has 0 atom stereocenters. The van der Waals surface area contributed by atoms with Gasteiger partial charge >= 0.3 is 11.9 Å². The van der Waals surface area contributed by atoms with Gasteiger partial charge in [-0.2, -0.15) is 0 Å². The third-order valence-electron chi connectivity index (χ3n) is 2.78. The fourth-order valence-electron chi connectivity index (χ4n) is 1.88. The van der Waals surface area contributed by atoms with E-state index < -0.39 is 34.5 Å². The second-order valence-corrected chi connectivity index (χ2v) is 4.94. The molecule has 0 spiro atoms. The maximum Gasteiger partial charge on any atom is 0.333 e. The zero-order valence-corrected chi connectivity index (χ0v) is 11.7. The maximum absolute atomic E-state index is 12.0. The van der Waals surface area contributed by atoms with E-state index in [1.54, 1.807) is 0 Å². The average Bonchev–Trinajstić information content (AvgIpc) is 2.36. The zero-order chi connectivity index (χ0) is 16.5. The minimum atomic E-state index is -1.83. The van der Waals surface area contributed by atoms with Gasteiger partial charge in [0.25, 0.3) is 17.4 Å². The van der Waals surface area contributed by atoms with E-state index in [2.05, 4.69) is 5.32 Å². The Kier molecular flexibility index (Phi) is 3.81. The molecule has 1 saturated heterocycles. The molecular formula is C13H12N2O7. The van der Waals surface area contributed by atoms with Crippen LogP contribution < -0.4 is 5.32 Å². The molecule has 1 aromatic rings. The fourth-order valence-corrected chi connectivity index (χ4v) is 1.88. The molecule has 1 aliphatic heterocycles. The number of amides is 1. The van der Waals surface area contributed by atoms with Gasteiger partial charge < -0.3 is 14.8 Å². The number of rotatable bonds is 3. The number of nitro groups is 1. The molecule has 0 aromatic heterocycles. The fraction of sp³-hybridized carbons (Fsp3) is 0.308. The number of ether oxygens (including phenoxy) is 2. The van der Waals surface area contributed by atoms with Crippen LogP contribution in [-0.4, -0.2) is 28.6 Å². The molecule has 1 amide bonds. The van der Waals surface area contributed by atoms with Crippen molar-refractivity contribution in [1.29, 1.82) is 0 Å². The van der Waals surface area contributed by atoms with E-state index in [1.165, 1.54) is 38.1 Å². The summed E-state index contributed by atoms with van der Waals surface area (Å²) in [5.74, 6) is -6.48. The van der Waals surface area contributed by atoms with Gasteiger partial charge in [-0.15, -0.1) is 0 Å². The van der Waals surface area contributed by atoms with Crippen LogP contribution in [0.2, 0.25) is 0 Å². The lowest BCUT2D eigenvalue weighted by Crippen LogP contribution is -2.50. The third kappa shape index (κ3) is 3.03. The molecule has 9 nitrogen and oxygen atoms in total. The number of nitrogens with zero attached hydrogens (tertiary/aromatic N) is 1. The molecule has 1 N–H and O–H groups in total. The Hall–Kier alpha value is -2.97. The molecule has 0 radical (unpaired) electrons. The zero-order valence-electron chi connectivity index (χ0n) is 11.7. The van der Waals surface area contributed by atoms with E-state index in [0.29, 0.717) is 0 Å². The number of cyclic esters (lactones) is 2. The predicted molar refractivity (Wildman–Crippen MR) is 71.5 cm³/mol. The van der Waals surface area contributed by atoms with E-state index >= 15 is 0 Å². The molecule has 1 fully saturated rings. The van der Waals surface area contributed by atoms with E-state index in [9.17, 15) is 24.5 Å². The maximum atomic E-state index is 12.0. The van der Waals surface area contributed by atoms with Crippen molar-refractivity contribution in [3.63, 3.8) is 0 Å². The van der Waals surface area contributed by atoms with Crippen molar-refractivity contribution in [2.24, 2.45) is 5.92 Å². The largest absolute Gasteiger partial charge is 0.422 e. The molecule has 22 heavy (non-hydrogen) atoms. The first-order chi connectivity index (χ1) is 10.2. The van der Waals surface area contributed by atoms with Gasteiger partial charge in [-0.1, -0.05) is 12.1 Å². The summed E-state index contributed by atoms with van der Waals surface area (Å²) in [5, 5.41) is 13.0. The Morgan fingerprint density at radius 1 is 1.23 bits per heavy atom. The predicted octanol–water partition coefficient (Wildman–Crippen LogP) is 0.986. The summed E-state index contributed by atoms with van der Waals surface area (Å²) in [6.45, 7) is 2.69. The van der Waals surface area contributed by atoms with Crippen molar-refractivity contribution < 1.29 is 28.8 Å². The van der Waals surface area contributed by atoms with Crippen LogP contribution in [-0.2, 0) is 23.9 Å². The van der Waals surface area contributed by atoms with Crippen LogP contribution in [0.15, 0.2) is 24.3 Å². The van der Waals surface area contributed by atoms with Crippen LogP contribution in [0.1, 0.15) is 13.8 Å². The van der Waals surface area contributed by atoms with Crippen molar-refractivity contribution in [2.45, 2.75) is 19.6 Å². The molecule has 0 unspecified atom stereocenters. The summed E-state index contributed by atoms with van der Waals surface area (Å²) in [7, 11) is 0. The summed E-state index contributed by atoms with van der Waals surface area (Å²) in [6.07, 6.45) is 0. The number of benzene rings is 1. The quantitative estimate of drug-likeness (QED) is 0.382. The molecular weight excluding hydrogens is 296 g/mol. The van der Waals surface area contributed by atoms with E-state index in [4.69, 9.17) is 9.47 Å². The number of carbonyl (C=O) groups excluding carboxylic acids is 3. The topological polar surface area (TPSA) is 125 Å². The second kappa shape index (κ2) is 5.43. The normalized spacial score (nSPS) is 17.4. The minimum Gasteiger partial charge on any atom is -0.422 e. The molecule has 9 heteroatoms. The minimum absolute atomic E-state index is 0.136. The van der Waals surface area contributed by atoms with Crippen molar-refractivity contribution in [3.05, 3.63) is 34.4 Å². The Morgan fingerprint density at radius 2 is 1.77 bits per heavy atom. The SMILES string of the molecule is CC1(C)OC(=O)C(C(=O)Nc2ccccc2[N+](=O)[O-])C(=O)O1. The first kappa shape index (κ1) is 15.4. The monoisotopic (exact) mass is 308 g/mol. The lowest BCUT2D eigenvalue weighted by Gasteiger charge is -2.32. The van der Waals surface area contributed by atoms with Crippen LogP contribution in [0.5, 0.6) is 0 Å². The lowest BCUT2D eigenvalue weighted by molar-refractivity contribution is -0.383. The molecule has 0 bridgehead atoms. The van der Waals surface area contributed by atoms with Crippen LogP contribution in [0, 0.1) is 16.0 Å². The summed E-state index contributed by atoms with van der Waals surface area (Å²) < 4.78 is 9.63. The Labute approximate surface area is 124 Å². The standard InChI is InChI=1S/C13H12N2O7/c1-13(2)21-11(17)9(12(18)22-13)10(16)14-7-5-3-4-6-8(7)15(19)20/h3-6,9H,1-2H3,(H,14,16). The van der Waals surface area contributed by atoms with E-state index in [0.717, 1.165) is 0 Å². The van der Waals surface area contributed by atoms with Gasteiger partial charge in [0, 0.05) is 19.9 Å². The highest BCUT2D eigenvalue weighted by Gasteiger charge is 2.47. The summed E-state index contributed by atoms with van der Waals surface area (Å²) in [5.41, 5.74) is -0.503. The smallest absolute Gasteiger partial charge is 0.333 e. The van der Waals surface area contributed by atoms with Crippen LogP contribution in [0.25, 0.3) is 0 Å². The Bertz CT molecular complexity index is 648. The molecule has 0 saturated carbocycles. The van der Waals surface area contributed by atoms with Gasteiger partial charge in [0.2, 0.25) is 5.92 Å². The summed E-state index contributed by atoms with van der Waals surface area (Å²) in [6, 6.07) is 5.33.